The SMILES string of the molecule is CC1(C)CC(c2ccc(N)c(Br)n2)CC(C)(C)O1.[2H]C1=C(B2OC(C)(C)C(C)(C)O2)C([2H])([2H])C([2H])C(C)(C)C1.[2H]C1=C(B2OC(C)(C)C(C)(C)O2)C([2H])([2H])CC(C)(C)C1[2H].[2H]C1=C(c2nc(C3CC(C)(C)OC(C)(C)C3)ccc2N)C([2H])([2H])C([2H])C(C)(C)C1.[2H]C1=C(c2nc(C3CC(C)(C)OC(C)(C)C3)ccc2N)C([2H])([2H])CC(C)(C)C1[2H].[C-]#[N+]c1cn(COCC[Si](C)(C)C)c(C(=O)O)n1.[K+]. The van der Waals surface area contributed by atoms with Gasteiger partial charge in [-0.05, 0) is 356 Å². The second-order valence-corrected chi connectivity index (χ2v) is 50.0. The van der Waals surface area contributed by atoms with Crippen LogP contribution in [-0.4, -0.2) is 121 Å². The number of aromatic nitrogens is 5. The average molecular weight is 1790 g/mol. The summed E-state index contributed by atoms with van der Waals surface area (Å²) in [6.07, 6.45) is -3.27. The maximum Gasteiger partial charge on any atom is 1.00 e. The number of rotatable bonds is 13. The van der Waals surface area contributed by atoms with Crippen LogP contribution in [0.15, 0.2) is 82.4 Å². The number of hydrogen-bond donors (Lipinski definition) is 4. The molecule has 5 aliphatic heterocycles. The molecule has 9 aliphatic rings. The Morgan fingerprint density at radius 3 is 1.29 bits per heavy atom. The van der Waals surface area contributed by atoms with Gasteiger partial charge in [-0.2, -0.15) is 0 Å². The van der Waals surface area contributed by atoms with E-state index in [0.29, 0.717) is 53.8 Å². The molecule has 666 valence electrons. The molecule has 7 N–H and O–H groups in total. The van der Waals surface area contributed by atoms with Crippen LogP contribution in [0.4, 0.5) is 22.9 Å². The normalized spacial score (nSPS) is 30.4. The average Bonchev–Trinajstić information content (AvgIpc) is 1.73. The van der Waals surface area contributed by atoms with Gasteiger partial charge < -0.3 is 64.7 Å². The van der Waals surface area contributed by atoms with Gasteiger partial charge in [0.25, 0.3) is 5.82 Å². The molecule has 0 amide bonds. The molecule has 19 nitrogen and oxygen atoms in total. The predicted molar refractivity (Wildman–Crippen MR) is 502 cm³/mol. The molecule has 121 heavy (non-hydrogen) atoms. The maximum atomic E-state index is 10.9. The number of pyridine rings is 3. The van der Waals surface area contributed by atoms with E-state index in [9.17, 15) is 4.79 Å². The number of anilines is 3. The van der Waals surface area contributed by atoms with Crippen molar-refractivity contribution < 1.29 is 121 Å². The topological polar surface area (TPSA) is 250 Å². The second-order valence-electron chi connectivity index (χ2n) is 43.6. The molecule has 0 saturated carbocycles. The van der Waals surface area contributed by atoms with Crippen LogP contribution in [0.5, 0.6) is 0 Å². The van der Waals surface area contributed by atoms with Gasteiger partial charge in [-0.3, -0.25) is 14.5 Å². The van der Waals surface area contributed by atoms with Crippen molar-refractivity contribution in [3.63, 3.8) is 0 Å². The number of carboxylic acid groups (broad SMARTS) is 1. The van der Waals surface area contributed by atoms with E-state index in [1.165, 1.54) is 10.8 Å². The van der Waals surface area contributed by atoms with Crippen LogP contribution in [0.2, 0.25) is 25.7 Å². The first-order valence-corrected chi connectivity index (χ1v) is 47.1. The van der Waals surface area contributed by atoms with Crippen LogP contribution < -0.4 is 68.6 Å². The molecule has 5 fully saturated rings. The summed E-state index contributed by atoms with van der Waals surface area (Å²) in [6.45, 7) is 69.4. The number of halogens is 1. The van der Waals surface area contributed by atoms with Gasteiger partial charge in [-0.15, -0.1) is 0 Å². The monoisotopic (exact) mass is 1790 g/mol. The van der Waals surface area contributed by atoms with Crippen molar-refractivity contribution in [3.8, 4) is 0 Å². The number of imidazole rings is 1. The standard InChI is InChI=1S/2C22H34N2O.2C14H25BO2.C14H21BrN2O.C11H17N3O3Si.K/c2*1-20(2)11-9-15(10-12-20)19-17(23)7-8-18(24-19)16-13-21(3,4)25-22(5,6)14-16;2*1-12(2)9-7-11(8-10-12)15-16-13(3,4)14(5,6)17-15;1-13(2)7-9(8-14(3,4)18-13)11-6-5-10(16)12(15)17-11;1-12-9-7-14(10(13-9)11(15)16)8-17-5-6-18(2,3)4;/h2*7-9,16H,10-14,23H2,1-6H3;2*7H,8-10H2,1-6H3;5-6,9H,7-8,16H2,1-4H3;7H,5-6,8H2,2-4H3,(H,15,16);/q;;;;;;+1/i9D,10D2,12D;9D,10D2,11D;7D,8D2,10D;7D,8D2,9D;;;. The van der Waals surface area contributed by atoms with E-state index < -0.39 is 123 Å². The third-order valence-corrected chi connectivity index (χ3v) is 25.6. The number of nitrogen functional groups attached to an aromatic ring is 3. The molecule has 13 rings (SSSR count). The van der Waals surface area contributed by atoms with E-state index in [0.717, 1.165) is 66.3 Å². The van der Waals surface area contributed by atoms with Crippen LogP contribution in [0.1, 0.15) is 388 Å². The summed E-state index contributed by atoms with van der Waals surface area (Å²) >= 11 is 3.40. The van der Waals surface area contributed by atoms with Crippen LogP contribution in [0, 0.1) is 28.2 Å². The Hall–Kier alpha value is -3.88. The molecule has 0 bridgehead atoms. The van der Waals surface area contributed by atoms with Crippen molar-refractivity contribution in [1.29, 1.82) is 0 Å². The van der Waals surface area contributed by atoms with Crippen molar-refractivity contribution in [2.75, 3.05) is 23.8 Å². The molecule has 4 aromatic heterocycles. The predicted octanol–water partition coefficient (Wildman–Crippen LogP) is 22.3. The largest absolute Gasteiger partial charge is 1.00 e. The van der Waals surface area contributed by atoms with E-state index in [1.807, 2.05) is 135 Å². The molecular weight excluding hydrogens is 1620 g/mol. The number of nitrogens with zero attached hydrogens (tertiary/aromatic N) is 6. The smallest absolute Gasteiger partial charge is 0.474 e. The number of hydrogen-bond acceptors (Lipinski definition) is 16. The number of ether oxygens (including phenoxy) is 4. The minimum atomic E-state index is -1.99. The molecule has 24 heteroatoms. The van der Waals surface area contributed by atoms with Gasteiger partial charge in [0, 0.05) is 72.2 Å². The van der Waals surface area contributed by atoms with E-state index in [1.54, 1.807) is 12.1 Å². The molecule has 0 aromatic carbocycles. The molecule has 4 aromatic rings. The first-order chi connectivity index (χ1) is 61.1. The van der Waals surface area contributed by atoms with Gasteiger partial charge in [0.15, 0.2) is 0 Å². The van der Waals surface area contributed by atoms with E-state index in [2.05, 4.69) is 133 Å². The summed E-state index contributed by atoms with van der Waals surface area (Å²) in [5.74, 6) is -0.518. The Balaban J connectivity index is 0.000000226. The van der Waals surface area contributed by atoms with Gasteiger partial charge in [-0.25, -0.2) is 9.78 Å². The quantitative estimate of drug-likeness (QED) is 0.0420. The zero-order valence-electron chi connectivity index (χ0n) is 95.3. The van der Waals surface area contributed by atoms with E-state index in [4.69, 9.17) is 98.3 Å². The summed E-state index contributed by atoms with van der Waals surface area (Å²) < 4.78 is 185. The Bertz CT molecular complexity index is 5140. The van der Waals surface area contributed by atoms with Crippen LogP contribution in [-0.2, 0) is 44.3 Å². The number of carboxylic acids is 1. The molecule has 4 atom stereocenters. The molecule has 5 saturated heterocycles. The van der Waals surface area contributed by atoms with Crippen molar-refractivity contribution in [1.82, 2.24) is 24.5 Å². The number of allylic oxidation sites excluding steroid dienone is 8. The van der Waals surface area contributed by atoms with Crippen LogP contribution in [0.25, 0.3) is 16.0 Å². The Kier molecular flexibility index (Phi) is 26.7. The van der Waals surface area contributed by atoms with Gasteiger partial charge in [-0.1, -0.05) is 111 Å². The zero-order valence-corrected chi connectivity index (χ0v) is 85.1. The van der Waals surface area contributed by atoms with Crippen LogP contribution >= 0.6 is 15.9 Å². The van der Waals surface area contributed by atoms with E-state index in [-0.39, 0.29) is 174 Å². The van der Waals surface area contributed by atoms with Crippen molar-refractivity contribution in [2.24, 2.45) is 21.7 Å². The minimum absolute atomic E-state index is 0. The zero-order chi connectivity index (χ0) is 104. The molecule has 4 aliphatic carbocycles. The van der Waals surface area contributed by atoms with Crippen LogP contribution in [0.3, 0.4) is 0 Å². The van der Waals surface area contributed by atoms with Gasteiger partial charge in [0.05, 0.1) is 89.9 Å². The maximum absolute atomic E-state index is 10.9. The van der Waals surface area contributed by atoms with Gasteiger partial charge in [0.2, 0.25) is 0 Å². The molecular formula is C97H156B2BrKN9O10Si+. The third-order valence-electron chi connectivity index (χ3n) is 23.2. The van der Waals surface area contributed by atoms with E-state index >= 15 is 0 Å². The first-order valence-electron chi connectivity index (χ1n) is 50.9. The minimum Gasteiger partial charge on any atom is -0.474 e. The van der Waals surface area contributed by atoms with Gasteiger partial charge in [0.1, 0.15) is 11.3 Å². The summed E-state index contributed by atoms with van der Waals surface area (Å²) in [5, 5.41) is 8.93. The number of carbonyl (C=O) groups is 1. The Morgan fingerprint density at radius 1 is 0.529 bits per heavy atom. The second kappa shape index (κ2) is 39.6. The fourth-order valence-electron chi connectivity index (χ4n) is 16.0. The first kappa shape index (κ1) is 81.6. The van der Waals surface area contributed by atoms with Crippen molar-refractivity contribution in [3.05, 3.63) is 128 Å². The number of aromatic carboxylic acids is 1. The molecule has 0 spiro atoms. The Labute approximate surface area is 806 Å². The Morgan fingerprint density at radius 2 is 0.893 bits per heavy atom. The van der Waals surface area contributed by atoms with Crippen molar-refractivity contribution in [2.45, 2.75) is 415 Å². The molecule has 0 radical (unpaired) electrons. The summed E-state index contributed by atoms with van der Waals surface area (Å²) in [6, 6.07) is 12.7. The number of nitrogens with two attached hydrogens (primary N) is 3. The van der Waals surface area contributed by atoms with Crippen molar-refractivity contribution >= 4 is 78.2 Å². The molecule has 4 unspecified atom stereocenters. The summed E-state index contributed by atoms with van der Waals surface area (Å²) in [7, 11) is -2.92. The fraction of sp³-hybridized carbons (Fsp3) is 0.711. The fourth-order valence-corrected chi connectivity index (χ4v) is 17.1. The molecule has 9 heterocycles. The summed E-state index contributed by atoms with van der Waals surface area (Å²) in [4.78, 5) is 31.9. The third kappa shape index (κ3) is 30.4. The van der Waals surface area contributed by atoms with Gasteiger partial charge >= 0.3 is 77.4 Å². The summed E-state index contributed by atoms with van der Waals surface area (Å²) in [5.41, 5.74) is 17.7.